The topological polar surface area (TPSA) is 92.8 Å². The van der Waals surface area contributed by atoms with E-state index in [0.717, 1.165) is 34.4 Å². The van der Waals surface area contributed by atoms with Gasteiger partial charge in [-0.25, -0.2) is 15.2 Å². The molecule has 0 atom stereocenters. The number of morpholine rings is 1. The zero-order valence-electron chi connectivity index (χ0n) is 12.4. The molecule has 1 saturated heterocycles. The Hall–Kier alpha value is -2.45. The van der Waals surface area contributed by atoms with Crippen LogP contribution in [0.3, 0.4) is 0 Å². The van der Waals surface area contributed by atoms with E-state index in [1.807, 2.05) is 30.3 Å². The minimum atomic E-state index is -0.694. The van der Waals surface area contributed by atoms with Crippen molar-refractivity contribution in [3.8, 4) is 11.3 Å². The first-order valence-corrected chi connectivity index (χ1v) is 8.03. The quantitative estimate of drug-likeness (QED) is 0.658. The predicted octanol–water partition coefficient (Wildman–Crippen LogP) is 1.65. The van der Waals surface area contributed by atoms with Crippen LogP contribution in [0, 0.1) is 0 Å². The number of anilines is 1. The van der Waals surface area contributed by atoms with Crippen molar-refractivity contribution in [3.63, 3.8) is 0 Å². The maximum Gasteiger partial charge on any atom is 0.332 e. The SMILES string of the molecule is NC(=O)NN=Cc1sc(N2CCOCC2)nc1-c1ccccc1. The number of hydrazone groups is 1. The summed E-state index contributed by atoms with van der Waals surface area (Å²) in [6.45, 7) is 3.04. The molecule has 1 aromatic carbocycles. The smallest absolute Gasteiger partial charge is 0.332 e. The monoisotopic (exact) mass is 331 g/mol. The van der Waals surface area contributed by atoms with Gasteiger partial charge < -0.3 is 15.4 Å². The molecule has 3 rings (SSSR count). The summed E-state index contributed by atoms with van der Waals surface area (Å²) in [5, 5.41) is 4.79. The minimum absolute atomic E-state index is 0.694. The molecule has 1 aliphatic rings. The number of benzene rings is 1. The van der Waals surface area contributed by atoms with Gasteiger partial charge in [0.15, 0.2) is 5.13 Å². The average molecular weight is 331 g/mol. The average Bonchev–Trinajstić information content (AvgIpc) is 3.00. The third kappa shape index (κ3) is 3.85. The Balaban J connectivity index is 1.92. The van der Waals surface area contributed by atoms with Crippen LogP contribution in [0.15, 0.2) is 35.4 Å². The van der Waals surface area contributed by atoms with Crippen molar-refractivity contribution in [2.75, 3.05) is 31.2 Å². The van der Waals surface area contributed by atoms with Crippen LogP contribution in [-0.2, 0) is 4.74 Å². The molecule has 8 heteroatoms. The number of thiazole rings is 1. The van der Waals surface area contributed by atoms with Crippen molar-refractivity contribution in [3.05, 3.63) is 35.2 Å². The van der Waals surface area contributed by atoms with E-state index in [0.29, 0.717) is 13.2 Å². The highest BCUT2D eigenvalue weighted by molar-refractivity contribution is 7.17. The highest BCUT2D eigenvalue weighted by Gasteiger charge is 2.18. The number of rotatable bonds is 4. The van der Waals surface area contributed by atoms with Crippen LogP contribution in [0.4, 0.5) is 9.93 Å². The fraction of sp³-hybridized carbons (Fsp3) is 0.267. The molecule has 0 radical (unpaired) electrons. The second kappa shape index (κ2) is 7.21. The van der Waals surface area contributed by atoms with Crippen LogP contribution in [-0.4, -0.2) is 43.5 Å². The molecule has 1 aliphatic heterocycles. The lowest BCUT2D eigenvalue weighted by molar-refractivity contribution is 0.122. The molecule has 0 spiro atoms. The summed E-state index contributed by atoms with van der Waals surface area (Å²) in [5.41, 5.74) is 9.09. The number of ether oxygens (including phenoxy) is 1. The van der Waals surface area contributed by atoms with E-state index in [1.54, 1.807) is 6.21 Å². The molecule has 2 aromatic rings. The standard InChI is InChI=1S/C15H17N5O2S/c16-14(21)19-17-10-12-13(11-4-2-1-3-5-11)18-15(23-12)20-6-8-22-9-7-20/h1-5,10H,6-9H2,(H3,16,19,21). The first kappa shape index (κ1) is 15.4. The molecule has 0 aliphatic carbocycles. The number of aromatic nitrogens is 1. The zero-order valence-corrected chi connectivity index (χ0v) is 13.3. The summed E-state index contributed by atoms with van der Waals surface area (Å²) in [7, 11) is 0. The molecule has 2 amide bonds. The third-order valence-electron chi connectivity index (χ3n) is 3.33. The number of primary amides is 1. The van der Waals surface area contributed by atoms with Crippen molar-refractivity contribution in [2.45, 2.75) is 0 Å². The van der Waals surface area contributed by atoms with Crippen molar-refractivity contribution >= 4 is 28.7 Å². The normalized spacial score (nSPS) is 15.0. The van der Waals surface area contributed by atoms with E-state index in [1.165, 1.54) is 11.3 Å². The number of hydrogen-bond donors (Lipinski definition) is 2. The molecule has 0 unspecified atom stereocenters. The first-order chi connectivity index (χ1) is 11.2. The molecule has 120 valence electrons. The molecule has 23 heavy (non-hydrogen) atoms. The molecule has 1 fully saturated rings. The second-order valence-electron chi connectivity index (χ2n) is 4.91. The summed E-state index contributed by atoms with van der Waals surface area (Å²) >= 11 is 1.53. The van der Waals surface area contributed by atoms with Gasteiger partial charge in [0.1, 0.15) is 0 Å². The lowest BCUT2D eigenvalue weighted by Gasteiger charge is -2.26. The molecule has 7 nitrogen and oxygen atoms in total. The lowest BCUT2D eigenvalue weighted by atomic mass is 10.1. The first-order valence-electron chi connectivity index (χ1n) is 7.21. The van der Waals surface area contributed by atoms with Crippen LogP contribution in [0.1, 0.15) is 4.88 Å². The number of carbonyl (C=O) groups excluding carboxylic acids is 1. The summed E-state index contributed by atoms with van der Waals surface area (Å²) in [5.74, 6) is 0. The van der Waals surface area contributed by atoms with Crippen LogP contribution < -0.4 is 16.1 Å². The van der Waals surface area contributed by atoms with Crippen molar-refractivity contribution < 1.29 is 9.53 Å². The Morgan fingerprint density at radius 3 is 2.78 bits per heavy atom. The number of carbonyl (C=O) groups is 1. The summed E-state index contributed by atoms with van der Waals surface area (Å²) in [4.78, 5) is 18.6. The molecule has 1 aromatic heterocycles. The highest BCUT2D eigenvalue weighted by atomic mass is 32.1. The Morgan fingerprint density at radius 2 is 2.09 bits per heavy atom. The van der Waals surface area contributed by atoms with Crippen molar-refractivity contribution in [1.29, 1.82) is 0 Å². The number of urea groups is 1. The van der Waals surface area contributed by atoms with Gasteiger partial charge in [0.2, 0.25) is 0 Å². The number of nitrogens with zero attached hydrogens (tertiary/aromatic N) is 3. The molecule has 3 N–H and O–H groups in total. The molecular weight excluding hydrogens is 314 g/mol. The maximum absolute atomic E-state index is 10.8. The third-order valence-corrected chi connectivity index (χ3v) is 4.38. The van der Waals surface area contributed by atoms with E-state index in [9.17, 15) is 4.79 Å². The largest absolute Gasteiger partial charge is 0.378 e. The van der Waals surface area contributed by atoms with Gasteiger partial charge >= 0.3 is 6.03 Å². The fourth-order valence-corrected chi connectivity index (χ4v) is 3.27. The van der Waals surface area contributed by atoms with Crippen molar-refractivity contribution in [2.24, 2.45) is 10.8 Å². The van der Waals surface area contributed by atoms with E-state index < -0.39 is 6.03 Å². The van der Waals surface area contributed by atoms with Gasteiger partial charge in [0, 0.05) is 18.7 Å². The number of nitrogens with two attached hydrogens (primary N) is 1. The van der Waals surface area contributed by atoms with Crippen LogP contribution in [0.5, 0.6) is 0 Å². The molecular formula is C15H17N5O2S. The van der Waals surface area contributed by atoms with Gasteiger partial charge in [-0.05, 0) is 0 Å². The molecule has 0 bridgehead atoms. The molecule has 0 saturated carbocycles. The Kier molecular flexibility index (Phi) is 4.84. The van der Waals surface area contributed by atoms with Gasteiger partial charge in [0.25, 0.3) is 0 Å². The predicted molar refractivity (Wildman–Crippen MR) is 90.9 cm³/mol. The lowest BCUT2D eigenvalue weighted by Crippen LogP contribution is -2.36. The second-order valence-corrected chi connectivity index (χ2v) is 5.92. The van der Waals surface area contributed by atoms with Crippen LogP contribution in [0.2, 0.25) is 0 Å². The number of hydrogen-bond acceptors (Lipinski definition) is 6. The van der Waals surface area contributed by atoms with Gasteiger partial charge in [0.05, 0.1) is 30.0 Å². The summed E-state index contributed by atoms with van der Waals surface area (Å²) < 4.78 is 5.38. The van der Waals surface area contributed by atoms with Gasteiger partial charge in [-0.15, -0.1) is 0 Å². The van der Waals surface area contributed by atoms with E-state index in [2.05, 4.69) is 15.4 Å². The number of amides is 2. The van der Waals surface area contributed by atoms with Crippen LogP contribution >= 0.6 is 11.3 Å². The van der Waals surface area contributed by atoms with E-state index in [-0.39, 0.29) is 0 Å². The van der Waals surface area contributed by atoms with Crippen molar-refractivity contribution in [1.82, 2.24) is 10.4 Å². The van der Waals surface area contributed by atoms with Gasteiger partial charge in [-0.1, -0.05) is 41.7 Å². The zero-order chi connectivity index (χ0) is 16.1. The van der Waals surface area contributed by atoms with Gasteiger partial charge in [-0.2, -0.15) is 5.10 Å². The molecule has 2 heterocycles. The van der Waals surface area contributed by atoms with Gasteiger partial charge in [-0.3, -0.25) is 0 Å². The minimum Gasteiger partial charge on any atom is -0.378 e. The Morgan fingerprint density at radius 1 is 1.35 bits per heavy atom. The number of nitrogens with one attached hydrogen (secondary N) is 1. The maximum atomic E-state index is 10.8. The van der Waals surface area contributed by atoms with E-state index in [4.69, 9.17) is 15.5 Å². The van der Waals surface area contributed by atoms with Crippen LogP contribution in [0.25, 0.3) is 11.3 Å². The van der Waals surface area contributed by atoms with E-state index >= 15 is 0 Å². The Labute approximate surface area is 137 Å². The summed E-state index contributed by atoms with van der Waals surface area (Å²) in [6, 6.07) is 9.19. The summed E-state index contributed by atoms with van der Waals surface area (Å²) in [6.07, 6.45) is 1.58. The highest BCUT2D eigenvalue weighted by Crippen LogP contribution is 2.32. The Bertz CT molecular complexity index is 695. The fourth-order valence-electron chi connectivity index (χ4n) is 2.25.